The second kappa shape index (κ2) is 4.77. The molecule has 2 atom stereocenters. The Morgan fingerprint density at radius 2 is 1.00 bits per heavy atom. The van der Waals surface area contributed by atoms with Crippen molar-refractivity contribution in [2.75, 3.05) is 0 Å². The van der Waals surface area contributed by atoms with Crippen molar-refractivity contribution in [3.63, 3.8) is 0 Å². The molecule has 3 aliphatic carbocycles. The van der Waals surface area contributed by atoms with Gasteiger partial charge in [0.15, 0.2) is 0 Å². The maximum absolute atomic E-state index is 2.50. The Hall–Kier alpha value is -0.520. The molecular weight excluding hydrogens is 192 g/mol. The van der Waals surface area contributed by atoms with Crippen molar-refractivity contribution in [3.05, 3.63) is 24.3 Å². The van der Waals surface area contributed by atoms with Crippen molar-refractivity contribution in [2.24, 2.45) is 23.7 Å². The zero-order chi connectivity index (χ0) is 10.8. The molecule has 0 heteroatoms. The molecule has 0 aromatic rings. The van der Waals surface area contributed by atoms with Crippen LogP contribution in [0.5, 0.6) is 0 Å². The number of rotatable bonds is 2. The predicted molar refractivity (Wildman–Crippen MR) is 69.2 cm³/mol. The summed E-state index contributed by atoms with van der Waals surface area (Å²) in [5.41, 5.74) is 0. The summed E-state index contributed by atoms with van der Waals surface area (Å²) in [5, 5.41) is 0. The average molecular weight is 216 g/mol. The number of allylic oxidation sites excluding steroid dienone is 4. The topological polar surface area (TPSA) is 0 Å². The molecule has 0 aromatic carbocycles. The van der Waals surface area contributed by atoms with Gasteiger partial charge in [0, 0.05) is 0 Å². The molecule has 0 heterocycles. The molecule has 0 N–H and O–H groups in total. The first-order valence-electron chi connectivity index (χ1n) is 7.27. The van der Waals surface area contributed by atoms with Crippen LogP contribution in [0, 0.1) is 23.7 Å². The van der Waals surface area contributed by atoms with E-state index in [2.05, 4.69) is 24.3 Å². The highest BCUT2D eigenvalue weighted by Gasteiger charge is 2.30. The lowest BCUT2D eigenvalue weighted by Gasteiger charge is -2.34. The molecule has 2 unspecified atom stereocenters. The highest BCUT2D eigenvalue weighted by Crippen LogP contribution is 2.42. The molecule has 0 aromatic heterocycles. The van der Waals surface area contributed by atoms with E-state index in [0.717, 1.165) is 23.7 Å². The fourth-order valence-corrected chi connectivity index (χ4v) is 4.10. The normalized spacial score (nSPS) is 43.0. The van der Waals surface area contributed by atoms with E-state index in [9.17, 15) is 0 Å². The van der Waals surface area contributed by atoms with Gasteiger partial charge in [-0.1, -0.05) is 24.3 Å². The molecule has 0 spiro atoms. The maximum atomic E-state index is 2.50. The van der Waals surface area contributed by atoms with Crippen LogP contribution in [0.2, 0.25) is 0 Å². The molecule has 0 nitrogen and oxygen atoms in total. The van der Waals surface area contributed by atoms with Gasteiger partial charge in [-0.25, -0.2) is 0 Å². The van der Waals surface area contributed by atoms with Crippen molar-refractivity contribution in [1.29, 1.82) is 0 Å². The lowest BCUT2D eigenvalue weighted by atomic mass is 9.71. The lowest BCUT2D eigenvalue weighted by Crippen LogP contribution is -2.23. The highest BCUT2D eigenvalue weighted by molar-refractivity contribution is 5.02. The van der Waals surface area contributed by atoms with Gasteiger partial charge in [-0.15, -0.1) is 0 Å². The minimum absolute atomic E-state index is 0.945. The van der Waals surface area contributed by atoms with Crippen LogP contribution in [-0.2, 0) is 0 Å². The largest absolute Gasteiger partial charge is 0.0882 e. The summed E-state index contributed by atoms with van der Waals surface area (Å²) in [7, 11) is 0. The fraction of sp³-hybridized carbons (Fsp3) is 0.750. The molecule has 3 rings (SSSR count). The van der Waals surface area contributed by atoms with E-state index in [1.165, 1.54) is 51.4 Å². The van der Waals surface area contributed by atoms with Crippen LogP contribution >= 0.6 is 0 Å². The van der Waals surface area contributed by atoms with Gasteiger partial charge >= 0.3 is 0 Å². The van der Waals surface area contributed by atoms with E-state index in [4.69, 9.17) is 0 Å². The third-order valence-corrected chi connectivity index (χ3v) is 5.13. The summed E-state index contributed by atoms with van der Waals surface area (Å²) in [4.78, 5) is 0. The predicted octanol–water partition coefficient (Wildman–Crippen LogP) is 4.73. The summed E-state index contributed by atoms with van der Waals surface area (Å²) in [5.74, 6) is 3.95. The van der Waals surface area contributed by atoms with E-state index >= 15 is 0 Å². The molecule has 0 radical (unpaired) electrons. The quantitative estimate of drug-likeness (QED) is 0.586. The van der Waals surface area contributed by atoms with Crippen LogP contribution in [-0.4, -0.2) is 0 Å². The van der Waals surface area contributed by atoms with E-state index in [1.807, 2.05) is 0 Å². The van der Waals surface area contributed by atoms with Gasteiger partial charge in [-0.3, -0.25) is 0 Å². The smallest absolute Gasteiger partial charge is 0.0202 e. The van der Waals surface area contributed by atoms with Gasteiger partial charge in [0.2, 0.25) is 0 Å². The Kier molecular flexibility index (Phi) is 3.17. The van der Waals surface area contributed by atoms with Crippen LogP contribution in [0.3, 0.4) is 0 Å². The SMILES string of the molecule is C1=CC(C2CCC(C3C=CCC3)CC2)CC1. The van der Waals surface area contributed by atoms with Crippen LogP contribution < -0.4 is 0 Å². The van der Waals surface area contributed by atoms with Crippen molar-refractivity contribution in [2.45, 2.75) is 51.4 Å². The Labute approximate surface area is 99.8 Å². The molecule has 3 aliphatic rings. The van der Waals surface area contributed by atoms with Crippen LogP contribution in [0.1, 0.15) is 51.4 Å². The molecule has 88 valence electrons. The van der Waals surface area contributed by atoms with Crippen LogP contribution in [0.25, 0.3) is 0 Å². The zero-order valence-corrected chi connectivity index (χ0v) is 10.3. The second-order valence-corrected chi connectivity index (χ2v) is 6.01. The summed E-state index contributed by atoms with van der Waals surface area (Å²) in [6.45, 7) is 0. The van der Waals surface area contributed by atoms with Gasteiger partial charge < -0.3 is 0 Å². The Bertz CT molecular complexity index is 248. The van der Waals surface area contributed by atoms with Gasteiger partial charge in [-0.2, -0.15) is 0 Å². The van der Waals surface area contributed by atoms with Gasteiger partial charge in [0.25, 0.3) is 0 Å². The van der Waals surface area contributed by atoms with Crippen molar-refractivity contribution in [1.82, 2.24) is 0 Å². The van der Waals surface area contributed by atoms with Crippen LogP contribution in [0.4, 0.5) is 0 Å². The van der Waals surface area contributed by atoms with E-state index in [-0.39, 0.29) is 0 Å². The Morgan fingerprint density at radius 3 is 1.31 bits per heavy atom. The van der Waals surface area contributed by atoms with Gasteiger partial charge in [0.1, 0.15) is 0 Å². The molecule has 0 amide bonds. The third kappa shape index (κ3) is 2.12. The van der Waals surface area contributed by atoms with Crippen molar-refractivity contribution in [3.8, 4) is 0 Å². The number of hydrogen-bond acceptors (Lipinski definition) is 0. The van der Waals surface area contributed by atoms with Crippen molar-refractivity contribution < 1.29 is 0 Å². The Balaban J connectivity index is 1.51. The summed E-state index contributed by atoms with van der Waals surface area (Å²) < 4.78 is 0. The number of hydrogen-bond donors (Lipinski definition) is 0. The summed E-state index contributed by atoms with van der Waals surface area (Å²) in [6, 6.07) is 0. The first kappa shape index (κ1) is 10.6. The minimum atomic E-state index is 0.945. The van der Waals surface area contributed by atoms with Gasteiger partial charge in [-0.05, 0) is 75.0 Å². The zero-order valence-electron chi connectivity index (χ0n) is 10.3. The van der Waals surface area contributed by atoms with Crippen LogP contribution in [0.15, 0.2) is 24.3 Å². The minimum Gasteiger partial charge on any atom is -0.0882 e. The Morgan fingerprint density at radius 1 is 0.562 bits per heavy atom. The van der Waals surface area contributed by atoms with E-state index in [1.54, 1.807) is 0 Å². The second-order valence-electron chi connectivity index (χ2n) is 6.01. The molecular formula is C16H24. The first-order chi connectivity index (χ1) is 7.93. The summed E-state index contributed by atoms with van der Waals surface area (Å²) in [6.07, 6.45) is 21.4. The highest BCUT2D eigenvalue weighted by atomic mass is 14.4. The average Bonchev–Trinajstić information content (AvgIpc) is 3.03. The third-order valence-electron chi connectivity index (χ3n) is 5.13. The molecule has 1 fully saturated rings. The van der Waals surface area contributed by atoms with E-state index < -0.39 is 0 Å². The monoisotopic (exact) mass is 216 g/mol. The summed E-state index contributed by atoms with van der Waals surface area (Å²) >= 11 is 0. The van der Waals surface area contributed by atoms with Crippen molar-refractivity contribution >= 4 is 0 Å². The molecule has 0 aliphatic heterocycles. The van der Waals surface area contributed by atoms with E-state index in [0.29, 0.717) is 0 Å². The molecule has 0 bridgehead atoms. The molecule has 0 saturated heterocycles. The molecule has 16 heavy (non-hydrogen) atoms. The van der Waals surface area contributed by atoms with Gasteiger partial charge in [0.05, 0.1) is 0 Å². The standard InChI is InChI=1S/C16H24/c1-2-6-13(5-1)15-9-11-16(12-10-15)14-7-3-4-8-14/h1,3,5,7,13-16H,2,4,6,8-12H2. The molecule has 1 saturated carbocycles. The fourth-order valence-electron chi connectivity index (χ4n) is 4.10. The lowest BCUT2D eigenvalue weighted by molar-refractivity contribution is 0.195. The maximum Gasteiger partial charge on any atom is -0.0202 e. The first-order valence-corrected chi connectivity index (χ1v) is 7.27.